The highest BCUT2D eigenvalue weighted by Crippen LogP contribution is 1.97. The average molecular weight is 192 g/mol. The molecule has 0 unspecified atom stereocenters. The van der Waals surface area contributed by atoms with Crippen LogP contribution in [0.4, 0.5) is 0 Å². The Morgan fingerprint density at radius 2 is 1.71 bits per heavy atom. The fourth-order valence-electron chi connectivity index (χ4n) is 1.16. The first-order chi connectivity index (χ1) is 6.56. The van der Waals surface area contributed by atoms with E-state index < -0.39 is 14.2 Å². The molecule has 0 fully saturated rings. The van der Waals surface area contributed by atoms with Crippen molar-refractivity contribution in [2.75, 3.05) is 0 Å². The van der Waals surface area contributed by atoms with Crippen LogP contribution in [0.5, 0.6) is 0 Å². The number of benzene rings is 1. The van der Waals surface area contributed by atoms with E-state index in [-0.39, 0.29) is 10.9 Å². The lowest BCUT2D eigenvalue weighted by Gasteiger charge is -2.07. The quantitative estimate of drug-likeness (QED) is 0.405. The van der Waals surface area contributed by atoms with Crippen LogP contribution in [0.15, 0.2) is 24.8 Å². The Hall–Kier alpha value is -1.07. The number of rotatable bonds is 3. The molecule has 0 aliphatic heterocycles. The zero-order valence-electron chi connectivity index (χ0n) is 7.46. The molecule has 0 bridgehead atoms. The molecule has 0 saturated carbocycles. The lowest BCUT2D eigenvalue weighted by Crippen LogP contribution is -2.39. The van der Waals surface area contributed by atoms with Gasteiger partial charge in [0.2, 0.25) is 0 Å². The van der Waals surface area contributed by atoms with E-state index in [0.717, 1.165) is 0 Å². The first-order valence-corrected chi connectivity index (χ1v) is 4.05. The van der Waals surface area contributed by atoms with Gasteiger partial charge in [-0.2, -0.15) is 0 Å². The van der Waals surface area contributed by atoms with Crippen LogP contribution in [0, 0.1) is 0 Å². The van der Waals surface area contributed by atoms with Crippen LogP contribution in [0.25, 0.3) is 6.08 Å². The summed E-state index contributed by atoms with van der Waals surface area (Å²) in [5.41, 5.74) is 0.953. The maximum Gasteiger partial charge on any atom is 0.489 e. The van der Waals surface area contributed by atoms with Gasteiger partial charge in [0.25, 0.3) is 0 Å². The van der Waals surface area contributed by atoms with Crippen molar-refractivity contribution in [3.05, 3.63) is 30.3 Å². The molecule has 0 radical (unpaired) electrons. The van der Waals surface area contributed by atoms with E-state index in [1.807, 2.05) is 0 Å². The Balaban J connectivity index is 3.20. The minimum Gasteiger partial charge on any atom is -0.423 e. The first-order valence-electron chi connectivity index (χ1n) is 4.05. The molecule has 0 aliphatic rings. The van der Waals surface area contributed by atoms with Crippen molar-refractivity contribution in [1.82, 2.24) is 0 Å². The minimum absolute atomic E-state index is 0.200. The molecule has 4 N–H and O–H groups in total. The molecule has 1 aromatic carbocycles. The van der Waals surface area contributed by atoms with Gasteiger partial charge in [0.1, 0.15) is 0 Å². The monoisotopic (exact) mass is 192 g/mol. The van der Waals surface area contributed by atoms with Crippen molar-refractivity contribution >= 4 is 31.2 Å². The van der Waals surface area contributed by atoms with Crippen LogP contribution in [0.3, 0.4) is 0 Å². The van der Waals surface area contributed by atoms with E-state index in [1.54, 1.807) is 0 Å². The molecule has 0 atom stereocenters. The van der Waals surface area contributed by atoms with Crippen molar-refractivity contribution in [2.24, 2.45) is 0 Å². The van der Waals surface area contributed by atoms with Gasteiger partial charge in [-0.05, 0) is 16.5 Å². The Bertz CT molecular complexity index is 338. The standard InChI is InChI=1S/C8H10B2O4/c1-2-6-3-4-7(9(11)12)5-8(6)10(13)14/h2-5,11-14H,1H2. The van der Waals surface area contributed by atoms with Gasteiger partial charge in [0.15, 0.2) is 0 Å². The highest BCUT2D eigenvalue weighted by molar-refractivity contribution is 6.63. The van der Waals surface area contributed by atoms with Crippen molar-refractivity contribution in [2.45, 2.75) is 0 Å². The molecule has 0 amide bonds. The minimum atomic E-state index is -1.65. The lowest BCUT2D eigenvalue weighted by molar-refractivity contribution is 0.425. The van der Waals surface area contributed by atoms with E-state index in [4.69, 9.17) is 20.1 Å². The summed E-state index contributed by atoms with van der Waals surface area (Å²) in [6.07, 6.45) is 1.46. The molecule has 72 valence electrons. The summed E-state index contributed by atoms with van der Waals surface area (Å²) in [5.74, 6) is 0. The van der Waals surface area contributed by atoms with E-state index >= 15 is 0 Å². The van der Waals surface area contributed by atoms with Gasteiger partial charge in [-0.25, -0.2) is 0 Å². The normalized spacial score (nSPS) is 9.71. The molecular weight excluding hydrogens is 182 g/mol. The molecule has 1 aromatic rings. The van der Waals surface area contributed by atoms with Crippen molar-refractivity contribution in [1.29, 1.82) is 0 Å². The van der Waals surface area contributed by atoms with Crippen LogP contribution in [0.2, 0.25) is 0 Å². The molecule has 0 heterocycles. The zero-order valence-corrected chi connectivity index (χ0v) is 7.46. The van der Waals surface area contributed by atoms with Crippen LogP contribution >= 0.6 is 0 Å². The second kappa shape index (κ2) is 4.43. The van der Waals surface area contributed by atoms with E-state index in [1.165, 1.54) is 24.3 Å². The second-order valence-electron chi connectivity index (χ2n) is 2.84. The lowest BCUT2D eigenvalue weighted by atomic mass is 9.71. The maximum atomic E-state index is 8.99. The average Bonchev–Trinajstić information content (AvgIpc) is 2.16. The molecule has 14 heavy (non-hydrogen) atoms. The number of hydrogen-bond donors (Lipinski definition) is 4. The third-order valence-corrected chi connectivity index (χ3v) is 1.91. The van der Waals surface area contributed by atoms with Gasteiger partial charge in [-0.1, -0.05) is 30.9 Å². The summed E-state index contributed by atoms with van der Waals surface area (Å²) < 4.78 is 0. The van der Waals surface area contributed by atoms with Crippen LogP contribution in [0.1, 0.15) is 5.56 Å². The van der Waals surface area contributed by atoms with Gasteiger partial charge >= 0.3 is 14.2 Å². The van der Waals surface area contributed by atoms with Crippen molar-refractivity contribution in [3.63, 3.8) is 0 Å². The molecule has 6 heteroatoms. The molecule has 0 aliphatic carbocycles. The third kappa shape index (κ3) is 2.24. The molecule has 1 rings (SSSR count). The molecule has 4 nitrogen and oxygen atoms in total. The van der Waals surface area contributed by atoms with Gasteiger partial charge < -0.3 is 20.1 Å². The maximum absolute atomic E-state index is 8.99. The van der Waals surface area contributed by atoms with E-state index in [9.17, 15) is 0 Å². The largest absolute Gasteiger partial charge is 0.489 e. The summed E-state index contributed by atoms with van der Waals surface area (Å²) in [4.78, 5) is 0. The Morgan fingerprint density at radius 3 is 2.14 bits per heavy atom. The molecular formula is C8H10B2O4. The van der Waals surface area contributed by atoms with Gasteiger partial charge in [-0.15, -0.1) is 0 Å². The summed E-state index contributed by atoms with van der Waals surface area (Å²) in [6.45, 7) is 3.50. The topological polar surface area (TPSA) is 80.9 Å². The van der Waals surface area contributed by atoms with E-state index in [2.05, 4.69) is 6.58 Å². The third-order valence-electron chi connectivity index (χ3n) is 1.91. The first kappa shape index (κ1) is 11.0. The zero-order chi connectivity index (χ0) is 10.7. The number of hydrogen-bond acceptors (Lipinski definition) is 4. The second-order valence-corrected chi connectivity index (χ2v) is 2.84. The molecule has 0 spiro atoms. The van der Waals surface area contributed by atoms with Gasteiger partial charge in [-0.3, -0.25) is 0 Å². The summed E-state index contributed by atoms with van der Waals surface area (Å²) in [5, 5.41) is 35.7. The van der Waals surface area contributed by atoms with Gasteiger partial charge in [0, 0.05) is 0 Å². The van der Waals surface area contributed by atoms with Crippen molar-refractivity contribution < 1.29 is 20.1 Å². The van der Waals surface area contributed by atoms with Gasteiger partial charge in [0.05, 0.1) is 0 Å². The Kier molecular flexibility index (Phi) is 3.49. The summed E-state index contributed by atoms with van der Waals surface area (Å²) in [6, 6.07) is 4.33. The summed E-state index contributed by atoms with van der Waals surface area (Å²) >= 11 is 0. The Labute approximate surface area is 82.4 Å². The SMILES string of the molecule is C=Cc1ccc(B(O)O)cc1B(O)O. The predicted molar refractivity (Wildman–Crippen MR) is 56.2 cm³/mol. The molecule has 0 aromatic heterocycles. The highest BCUT2D eigenvalue weighted by atomic mass is 16.4. The molecule has 0 saturated heterocycles. The van der Waals surface area contributed by atoms with Crippen LogP contribution < -0.4 is 10.9 Å². The van der Waals surface area contributed by atoms with Crippen molar-refractivity contribution in [3.8, 4) is 0 Å². The smallest absolute Gasteiger partial charge is 0.423 e. The van der Waals surface area contributed by atoms with E-state index in [0.29, 0.717) is 5.56 Å². The Morgan fingerprint density at radius 1 is 1.07 bits per heavy atom. The van der Waals surface area contributed by atoms with Crippen LogP contribution in [-0.2, 0) is 0 Å². The predicted octanol–water partition coefficient (Wildman–Crippen LogP) is -2.31. The fourth-order valence-corrected chi connectivity index (χ4v) is 1.16. The van der Waals surface area contributed by atoms with Crippen LogP contribution in [-0.4, -0.2) is 34.3 Å². The fraction of sp³-hybridized carbons (Fsp3) is 0. The highest BCUT2D eigenvalue weighted by Gasteiger charge is 2.18. The summed E-state index contributed by atoms with van der Waals surface area (Å²) in [7, 11) is -3.27.